The van der Waals surface area contributed by atoms with Gasteiger partial charge in [0.15, 0.2) is 0 Å². The fourth-order valence-electron chi connectivity index (χ4n) is 4.82. The summed E-state index contributed by atoms with van der Waals surface area (Å²) in [5.41, 5.74) is 7.31. The zero-order valence-corrected chi connectivity index (χ0v) is 22.4. The number of hydrogen-bond donors (Lipinski definition) is 3. The van der Waals surface area contributed by atoms with Gasteiger partial charge in [-0.15, -0.1) is 0 Å². The van der Waals surface area contributed by atoms with E-state index in [9.17, 15) is 4.39 Å². The summed E-state index contributed by atoms with van der Waals surface area (Å²) in [4.78, 5) is 17.3. The van der Waals surface area contributed by atoms with E-state index in [4.69, 9.17) is 4.98 Å². The first-order valence-electron chi connectivity index (χ1n) is 13.2. The first-order chi connectivity index (χ1) is 19.0. The number of benzene rings is 1. The maximum absolute atomic E-state index is 14.5. The largest absolute Gasteiger partial charge is 0.373 e. The number of aromatic nitrogens is 4. The van der Waals surface area contributed by atoms with Gasteiger partial charge in [0.05, 0.1) is 5.52 Å². The number of nitrogens with one attached hydrogen (secondary N) is 3. The summed E-state index contributed by atoms with van der Waals surface area (Å²) in [6, 6.07) is 10.6. The Bertz CT molecular complexity index is 1590. The van der Waals surface area contributed by atoms with E-state index >= 15 is 0 Å². The van der Waals surface area contributed by atoms with Crippen molar-refractivity contribution in [2.24, 2.45) is 5.92 Å². The standard InChI is InChI=1S/C32H33FN6/c1-5-21(17-25(6-2)37-20(3)22-10-9-11-22)24-16-23(32(34-4)36-19-24)18-29-38-28-14-15-35-30(31(28)39-29)26-12-7-8-13-27(26)33/h5-8,12-17,19,22,37H,2-3,9-11,18H2,1,4H3,(H,34,36)(H,38,39)/b21-5+,25-17+. The van der Waals surface area contributed by atoms with Gasteiger partial charge in [-0.05, 0) is 67.7 Å². The molecule has 6 nitrogen and oxygen atoms in total. The minimum atomic E-state index is -0.326. The molecule has 4 aromatic rings. The predicted molar refractivity (Wildman–Crippen MR) is 157 cm³/mol. The molecule has 0 amide bonds. The first-order valence-corrected chi connectivity index (χ1v) is 13.2. The maximum atomic E-state index is 14.5. The van der Waals surface area contributed by atoms with Gasteiger partial charge in [-0.1, -0.05) is 37.8 Å². The molecule has 1 aliphatic rings. The lowest BCUT2D eigenvalue weighted by molar-refractivity contribution is 0.356. The van der Waals surface area contributed by atoms with Crippen molar-refractivity contribution < 1.29 is 4.39 Å². The fourth-order valence-corrected chi connectivity index (χ4v) is 4.82. The van der Waals surface area contributed by atoms with Crippen LogP contribution in [0.25, 0.3) is 27.9 Å². The van der Waals surface area contributed by atoms with E-state index in [1.165, 1.54) is 25.3 Å². The quantitative estimate of drug-likeness (QED) is 0.193. The lowest BCUT2D eigenvalue weighted by Crippen LogP contribution is -2.23. The van der Waals surface area contributed by atoms with Crippen molar-refractivity contribution in [3.05, 3.63) is 114 Å². The number of anilines is 1. The van der Waals surface area contributed by atoms with Gasteiger partial charge in [0.2, 0.25) is 0 Å². The van der Waals surface area contributed by atoms with Gasteiger partial charge in [0, 0.05) is 53.9 Å². The minimum Gasteiger partial charge on any atom is -0.373 e. The lowest BCUT2D eigenvalue weighted by Gasteiger charge is -2.28. The minimum absolute atomic E-state index is 0.326. The zero-order chi connectivity index (χ0) is 27.4. The molecule has 1 fully saturated rings. The van der Waals surface area contributed by atoms with Gasteiger partial charge >= 0.3 is 0 Å². The molecule has 5 rings (SSSR count). The third kappa shape index (κ3) is 5.53. The molecule has 0 spiro atoms. The van der Waals surface area contributed by atoms with Crippen LogP contribution in [-0.4, -0.2) is 27.0 Å². The SMILES string of the molecule is C=C/C(=C\C(=C/C)c1cnc(NC)c(Cc2nc3c(-c4ccccc4F)nccc3[nH]2)c1)NC(=C)C1CCC1. The van der Waals surface area contributed by atoms with E-state index in [-0.39, 0.29) is 5.82 Å². The normalized spacial score (nSPS) is 14.2. The molecule has 0 radical (unpaired) electrons. The number of halogens is 1. The Balaban J connectivity index is 1.45. The van der Waals surface area contributed by atoms with Crippen LogP contribution in [-0.2, 0) is 6.42 Å². The van der Waals surface area contributed by atoms with E-state index < -0.39 is 0 Å². The number of rotatable bonds is 10. The Morgan fingerprint density at radius 2 is 2.03 bits per heavy atom. The van der Waals surface area contributed by atoms with Crippen molar-refractivity contribution in [2.45, 2.75) is 32.6 Å². The number of H-pyrrole nitrogens is 1. The average Bonchev–Trinajstić information content (AvgIpc) is 3.33. The molecular weight excluding hydrogens is 487 g/mol. The van der Waals surface area contributed by atoms with Gasteiger partial charge < -0.3 is 15.6 Å². The van der Waals surface area contributed by atoms with Crippen molar-refractivity contribution in [2.75, 3.05) is 12.4 Å². The van der Waals surface area contributed by atoms with Crippen LogP contribution < -0.4 is 10.6 Å². The van der Waals surface area contributed by atoms with Crippen molar-refractivity contribution in [3.8, 4) is 11.3 Å². The highest BCUT2D eigenvalue weighted by Crippen LogP contribution is 2.32. The van der Waals surface area contributed by atoms with Gasteiger partial charge in [-0.3, -0.25) is 4.98 Å². The molecule has 7 heteroatoms. The highest BCUT2D eigenvalue weighted by Gasteiger charge is 2.21. The van der Waals surface area contributed by atoms with Crippen LogP contribution in [0.15, 0.2) is 91.6 Å². The lowest BCUT2D eigenvalue weighted by atomic mass is 9.83. The average molecular weight is 521 g/mol. The summed E-state index contributed by atoms with van der Waals surface area (Å²) < 4.78 is 14.5. The number of pyridine rings is 2. The topological polar surface area (TPSA) is 78.5 Å². The van der Waals surface area contributed by atoms with Gasteiger partial charge in [0.25, 0.3) is 0 Å². The molecule has 3 N–H and O–H groups in total. The second-order valence-electron chi connectivity index (χ2n) is 9.70. The molecule has 3 aromatic heterocycles. The van der Waals surface area contributed by atoms with E-state index in [2.05, 4.69) is 57.0 Å². The molecule has 1 aromatic carbocycles. The Morgan fingerprint density at radius 1 is 1.21 bits per heavy atom. The van der Waals surface area contributed by atoms with Crippen LogP contribution in [0.5, 0.6) is 0 Å². The summed E-state index contributed by atoms with van der Waals surface area (Å²) in [5, 5.41) is 6.64. The van der Waals surface area contributed by atoms with Crippen LogP contribution in [0.1, 0.15) is 43.1 Å². The molecule has 39 heavy (non-hydrogen) atoms. The first kappa shape index (κ1) is 26.1. The molecule has 1 aliphatic carbocycles. The molecule has 0 bridgehead atoms. The summed E-state index contributed by atoms with van der Waals surface area (Å²) in [5.74, 6) is 1.72. The summed E-state index contributed by atoms with van der Waals surface area (Å²) in [7, 11) is 1.85. The molecule has 0 atom stereocenters. The van der Waals surface area contributed by atoms with Crippen LogP contribution >= 0.6 is 0 Å². The second kappa shape index (κ2) is 11.5. The third-order valence-electron chi connectivity index (χ3n) is 7.22. The Labute approximate surface area is 228 Å². The predicted octanol–water partition coefficient (Wildman–Crippen LogP) is 7.17. The van der Waals surface area contributed by atoms with Crippen molar-refractivity contribution in [3.63, 3.8) is 0 Å². The van der Waals surface area contributed by atoms with Crippen LogP contribution in [0.3, 0.4) is 0 Å². The summed E-state index contributed by atoms with van der Waals surface area (Å²) in [6.45, 7) is 10.2. The maximum Gasteiger partial charge on any atom is 0.132 e. The number of nitrogens with zero attached hydrogens (tertiary/aromatic N) is 3. The highest BCUT2D eigenvalue weighted by molar-refractivity contribution is 5.89. The van der Waals surface area contributed by atoms with Gasteiger partial charge in [0.1, 0.15) is 28.7 Å². The number of imidazole rings is 1. The molecule has 0 saturated heterocycles. The number of aromatic amines is 1. The fraction of sp³-hybridized carbons (Fsp3) is 0.219. The Morgan fingerprint density at radius 3 is 2.72 bits per heavy atom. The number of allylic oxidation sites excluding steroid dienone is 5. The van der Waals surface area contributed by atoms with Crippen molar-refractivity contribution in [1.29, 1.82) is 0 Å². The Kier molecular flexibility index (Phi) is 7.68. The van der Waals surface area contributed by atoms with Crippen LogP contribution in [0.4, 0.5) is 10.2 Å². The van der Waals surface area contributed by atoms with Crippen LogP contribution in [0, 0.1) is 11.7 Å². The zero-order valence-electron chi connectivity index (χ0n) is 22.4. The van der Waals surface area contributed by atoms with Gasteiger partial charge in [-0.2, -0.15) is 0 Å². The third-order valence-corrected chi connectivity index (χ3v) is 7.22. The molecular formula is C32H33FN6. The van der Waals surface area contributed by atoms with Gasteiger partial charge in [-0.25, -0.2) is 14.4 Å². The molecule has 198 valence electrons. The van der Waals surface area contributed by atoms with Crippen LogP contribution in [0.2, 0.25) is 0 Å². The molecule has 0 aliphatic heterocycles. The monoisotopic (exact) mass is 520 g/mol. The molecule has 3 heterocycles. The summed E-state index contributed by atoms with van der Waals surface area (Å²) in [6.07, 6.45) is 13.6. The highest BCUT2D eigenvalue weighted by atomic mass is 19.1. The number of fused-ring (bicyclic) bond motifs is 1. The van der Waals surface area contributed by atoms with E-state index in [1.54, 1.807) is 24.4 Å². The van der Waals surface area contributed by atoms with E-state index in [1.807, 2.05) is 32.3 Å². The van der Waals surface area contributed by atoms with Crippen molar-refractivity contribution >= 4 is 22.4 Å². The van der Waals surface area contributed by atoms with E-state index in [0.717, 1.165) is 45.3 Å². The Hall–Kier alpha value is -4.52. The molecule has 0 unspecified atom stereocenters. The second-order valence-corrected chi connectivity index (χ2v) is 9.70. The number of hydrogen-bond acceptors (Lipinski definition) is 5. The smallest absolute Gasteiger partial charge is 0.132 e. The van der Waals surface area contributed by atoms with E-state index in [0.29, 0.717) is 29.1 Å². The van der Waals surface area contributed by atoms with Crippen molar-refractivity contribution in [1.82, 2.24) is 25.3 Å². The molecule has 1 saturated carbocycles. The summed E-state index contributed by atoms with van der Waals surface area (Å²) >= 11 is 0.